The van der Waals surface area contributed by atoms with Crippen molar-refractivity contribution in [3.8, 4) is 28.4 Å². The number of benzene rings is 3. The Hall–Kier alpha value is -3.78. The van der Waals surface area contributed by atoms with E-state index in [1.54, 1.807) is 13.2 Å². The minimum absolute atomic E-state index is 0.0658. The van der Waals surface area contributed by atoms with Crippen LogP contribution in [0.5, 0.6) is 5.75 Å². The average Bonchev–Trinajstić information content (AvgIpc) is 3.30. The van der Waals surface area contributed by atoms with Crippen LogP contribution in [0.4, 0.5) is 0 Å². The number of ether oxygens (including phenoxy) is 1. The molecule has 0 radical (unpaired) electrons. The topological polar surface area (TPSA) is 83.0 Å². The molecule has 2 aromatic heterocycles. The quantitative estimate of drug-likeness (QED) is 0.348. The first-order chi connectivity index (χ1) is 15.6. The zero-order valence-corrected chi connectivity index (χ0v) is 18.6. The summed E-state index contributed by atoms with van der Waals surface area (Å²) >= 11 is 3.41. The zero-order chi connectivity index (χ0) is 22.1. The number of aromatic nitrogens is 4. The number of rotatable bonds is 5. The Labute approximate surface area is 191 Å². The Morgan fingerprint density at radius 1 is 0.938 bits per heavy atom. The Balaban J connectivity index is 1.56. The third-order valence-corrected chi connectivity index (χ3v) is 5.62. The van der Waals surface area contributed by atoms with Crippen molar-refractivity contribution >= 4 is 26.7 Å². The van der Waals surface area contributed by atoms with Gasteiger partial charge in [0.1, 0.15) is 12.3 Å². The molecule has 0 fully saturated rings. The van der Waals surface area contributed by atoms with Crippen molar-refractivity contribution in [3.05, 3.63) is 93.5 Å². The highest BCUT2D eigenvalue weighted by Crippen LogP contribution is 2.26. The van der Waals surface area contributed by atoms with Crippen molar-refractivity contribution in [3.63, 3.8) is 0 Å². The monoisotopic (exact) mass is 488 g/mol. The first-order valence-corrected chi connectivity index (χ1v) is 10.6. The van der Waals surface area contributed by atoms with Crippen LogP contribution >= 0.6 is 15.9 Å². The van der Waals surface area contributed by atoms with Crippen molar-refractivity contribution in [1.29, 1.82) is 0 Å². The largest absolute Gasteiger partial charge is 0.497 e. The van der Waals surface area contributed by atoms with Gasteiger partial charge in [0, 0.05) is 21.0 Å². The molecule has 3 aromatic carbocycles. The van der Waals surface area contributed by atoms with E-state index in [9.17, 15) is 4.79 Å². The number of fused-ring (bicyclic) bond motifs is 1. The molecule has 5 aromatic rings. The zero-order valence-electron chi connectivity index (χ0n) is 17.0. The third kappa shape index (κ3) is 3.80. The van der Waals surface area contributed by atoms with Gasteiger partial charge in [-0.1, -0.05) is 39.3 Å². The van der Waals surface area contributed by atoms with Crippen LogP contribution in [0, 0.1) is 0 Å². The second kappa shape index (κ2) is 8.39. The third-order valence-electron chi connectivity index (χ3n) is 5.09. The van der Waals surface area contributed by atoms with Crippen molar-refractivity contribution in [2.75, 3.05) is 7.11 Å². The molecule has 2 heterocycles. The van der Waals surface area contributed by atoms with Crippen LogP contribution in [0.1, 0.15) is 5.89 Å². The molecule has 5 rings (SSSR count). The van der Waals surface area contributed by atoms with Gasteiger partial charge in [-0.2, -0.15) is 10.1 Å². The minimum Gasteiger partial charge on any atom is -0.497 e. The molecule has 32 heavy (non-hydrogen) atoms. The summed E-state index contributed by atoms with van der Waals surface area (Å²) in [7, 11) is 1.62. The summed E-state index contributed by atoms with van der Waals surface area (Å²) in [5.74, 6) is 1.50. The molecule has 0 bridgehead atoms. The van der Waals surface area contributed by atoms with Crippen LogP contribution in [0.2, 0.25) is 0 Å². The van der Waals surface area contributed by atoms with E-state index in [1.165, 1.54) is 4.68 Å². The molecular formula is C24H17BrN4O3. The predicted molar refractivity (Wildman–Crippen MR) is 125 cm³/mol. The van der Waals surface area contributed by atoms with Gasteiger partial charge in [-0.05, 0) is 54.6 Å². The van der Waals surface area contributed by atoms with Gasteiger partial charge >= 0.3 is 0 Å². The molecule has 0 saturated heterocycles. The van der Waals surface area contributed by atoms with Crippen LogP contribution in [-0.2, 0) is 6.54 Å². The Bertz CT molecular complexity index is 1460. The lowest BCUT2D eigenvalue weighted by molar-refractivity contribution is 0.364. The first kappa shape index (κ1) is 20.1. The van der Waals surface area contributed by atoms with Gasteiger partial charge in [0.25, 0.3) is 5.56 Å². The second-order valence-corrected chi connectivity index (χ2v) is 8.02. The molecule has 158 valence electrons. The Morgan fingerprint density at radius 2 is 1.62 bits per heavy atom. The normalized spacial score (nSPS) is 11.1. The molecule has 0 amide bonds. The van der Waals surface area contributed by atoms with Crippen molar-refractivity contribution in [2.24, 2.45) is 0 Å². The maximum atomic E-state index is 13.1. The number of hydrogen-bond donors (Lipinski definition) is 0. The summed E-state index contributed by atoms with van der Waals surface area (Å²) < 4.78 is 13.0. The fourth-order valence-electron chi connectivity index (χ4n) is 3.47. The summed E-state index contributed by atoms with van der Waals surface area (Å²) in [5.41, 5.74) is 2.16. The van der Waals surface area contributed by atoms with E-state index in [4.69, 9.17) is 9.26 Å². The van der Waals surface area contributed by atoms with Crippen LogP contribution in [0.15, 0.2) is 86.6 Å². The molecule has 0 aliphatic rings. The van der Waals surface area contributed by atoms with Gasteiger partial charge in [0.2, 0.25) is 11.7 Å². The molecule has 0 saturated carbocycles. The summed E-state index contributed by atoms with van der Waals surface area (Å²) in [6.07, 6.45) is 0. The van der Waals surface area contributed by atoms with E-state index in [0.29, 0.717) is 22.8 Å². The SMILES string of the molecule is COc1ccc(-c2nn(Cc3nc(-c4ccc(Br)cc4)no3)c(=O)c3ccccc23)cc1. The maximum Gasteiger partial charge on any atom is 0.275 e. The average molecular weight is 489 g/mol. The summed E-state index contributed by atoms with van der Waals surface area (Å²) in [4.78, 5) is 17.6. The summed E-state index contributed by atoms with van der Waals surface area (Å²) in [6.45, 7) is 0.0658. The molecule has 8 heteroatoms. The van der Waals surface area contributed by atoms with E-state index in [2.05, 4.69) is 31.2 Å². The maximum absolute atomic E-state index is 13.1. The lowest BCUT2D eigenvalue weighted by Crippen LogP contribution is -2.24. The number of methoxy groups -OCH3 is 1. The van der Waals surface area contributed by atoms with Crippen molar-refractivity contribution in [2.45, 2.75) is 6.54 Å². The highest BCUT2D eigenvalue weighted by atomic mass is 79.9. The first-order valence-electron chi connectivity index (χ1n) is 9.85. The van der Waals surface area contributed by atoms with Gasteiger partial charge in [-0.25, -0.2) is 4.68 Å². The van der Waals surface area contributed by atoms with Gasteiger partial charge in [0.05, 0.1) is 18.2 Å². The molecule has 0 spiro atoms. The van der Waals surface area contributed by atoms with Crippen LogP contribution < -0.4 is 10.3 Å². The lowest BCUT2D eigenvalue weighted by Gasteiger charge is -2.10. The number of nitrogens with zero attached hydrogens (tertiary/aromatic N) is 4. The fraction of sp³-hybridized carbons (Fsp3) is 0.0833. The van der Waals surface area contributed by atoms with Gasteiger partial charge in [-0.3, -0.25) is 4.79 Å². The number of halogens is 1. The summed E-state index contributed by atoms with van der Waals surface area (Å²) in [6, 6.07) is 22.6. The molecule has 0 atom stereocenters. The number of hydrogen-bond acceptors (Lipinski definition) is 6. The smallest absolute Gasteiger partial charge is 0.275 e. The van der Waals surface area contributed by atoms with Crippen LogP contribution in [-0.4, -0.2) is 27.0 Å². The molecule has 0 N–H and O–H groups in total. The van der Waals surface area contributed by atoms with E-state index >= 15 is 0 Å². The van der Waals surface area contributed by atoms with Crippen LogP contribution in [0.3, 0.4) is 0 Å². The van der Waals surface area contributed by atoms with Gasteiger partial charge in [0.15, 0.2) is 0 Å². The molecule has 0 aliphatic heterocycles. The molecule has 0 unspecified atom stereocenters. The standard InChI is InChI=1S/C24H17BrN4O3/c1-31-18-12-8-15(9-13-18)22-19-4-2-3-5-20(19)24(30)29(27-22)14-21-26-23(28-32-21)16-6-10-17(25)11-7-16/h2-13H,14H2,1H3. The second-order valence-electron chi connectivity index (χ2n) is 7.10. The minimum atomic E-state index is -0.221. The predicted octanol–water partition coefficient (Wildman–Crippen LogP) is 4.93. The van der Waals surface area contributed by atoms with Crippen LogP contribution in [0.25, 0.3) is 33.4 Å². The Kier molecular flexibility index (Phi) is 5.28. The molecular weight excluding hydrogens is 472 g/mol. The molecule has 0 aliphatic carbocycles. The van der Waals surface area contributed by atoms with Gasteiger partial charge < -0.3 is 9.26 Å². The Morgan fingerprint density at radius 3 is 2.34 bits per heavy atom. The van der Waals surface area contributed by atoms with E-state index in [-0.39, 0.29) is 12.1 Å². The van der Waals surface area contributed by atoms with Gasteiger partial charge in [-0.15, -0.1) is 0 Å². The molecule has 7 nitrogen and oxygen atoms in total. The van der Waals surface area contributed by atoms with E-state index < -0.39 is 0 Å². The fourth-order valence-corrected chi connectivity index (χ4v) is 3.73. The highest BCUT2D eigenvalue weighted by molar-refractivity contribution is 9.10. The van der Waals surface area contributed by atoms with E-state index in [0.717, 1.165) is 26.7 Å². The van der Waals surface area contributed by atoms with Crippen molar-refractivity contribution in [1.82, 2.24) is 19.9 Å². The lowest BCUT2D eigenvalue weighted by atomic mass is 10.0. The summed E-state index contributed by atoms with van der Waals surface area (Å²) in [5, 5.41) is 10.0. The highest BCUT2D eigenvalue weighted by Gasteiger charge is 2.15. The van der Waals surface area contributed by atoms with E-state index in [1.807, 2.05) is 66.7 Å². The van der Waals surface area contributed by atoms with Crippen molar-refractivity contribution < 1.29 is 9.26 Å².